The Morgan fingerprint density at radius 1 is 1.16 bits per heavy atom. The van der Waals surface area contributed by atoms with Crippen molar-refractivity contribution in [2.75, 3.05) is 25.0 Å². The molecule has 0 spiro atoms. The van der Waals surface area contributed by atoms with Crippen LogP contribution in [-0.4, -0.2) is 32.0 Å². The van der Waals surface area contributed by atoms with Crippen LogP contribution in [0.1, 0.15) is 11.1 Å². The average molecular weight is 340 g/mol. The van der Waals surface area contributed by atoms with Gasteiger partial charge in [0.05, 0.1) is 6.54 Å². The van der Waals surface area contributed by atoms with Crippen molar-refractivity contribution in [3.05, 3.63) is 65.5 Å². The highest BCUT2D eigenvalue weighted by molar-refractivity contribution is 5.98. The number of benzene rings is 2. The van der Waals surface area contributed by atoms with E-state index in [4.69, 9.17) is 0 Å². The molecule has 0 radical (unpaired) electrons. The van der Waals surface area contributed by atoms with Crippen LogP contribution < -0.4 is 15.5 Å². The maximum atomic E-state index is 13.6. The second-order valence-corrected chi connectivity index (χ2v) is 5.79. The lowest BCUT2D eigenvalue weighted by atomic mass is 10.2. The highest BCUT2D eigenvalue weighted by Gasteiger charge is 2.23. The normalized spacial score (nSPS) is 13.5. The van der Waals surface area contributed by atoms with E-state index in [9.17, 15) is 9.18 Å². The van der Waals surface area contributed by atoms with Crippen molar-refractivity contribution < 1.29 is 9.18 Å². The molecule has 3 rings (SSSR count). The summed E-state index contributed by atoms with van der Waals surface area (Å²) in [6.45, 7) is 1.12. The van der Waals surface area contributed by atoms with Gasteiger partial charge >= 0.3 is 0 Å². The van der Waals surface area contributed by atoms with Crippen LogP contribution in [0.2, 0.25) is 0 Å². The number of carbonyl (C=O) groups excluding carboxylic acids is 1. The molecule has 130 valence electrons. The second kappa shape index (κ2) is 7.79. The minimum absolute atomic E-state index is 0.0150. The number of hydrogen-bond donors (Lipinski definition) is 2. The van der Waals surface area contributed by atoms with Crippen molar-refractivity contribution in [1.29, 1.82) is 0 Å². The molecule has 0 atom stereocenters. The lowest BCUT2D eigenvalue weighted by Crippen LogP contribution is -2.44. The van der Waals surface area contributed by atoms with Gasteiger partial charge in [-0.3, -0.25) is 9.79 Å². The molecule has 1 aliphatic rings. The Hall–Kier alpha value is -2.89. The van der Waals surface area contributed by atoms with Crippen molar-refractivity contribution in [2.24, 2.45) is 4.99 Å². The third kappa shape index (κ3) is 3.96. The van der Waals surface area contributed by atoms with E-state index >= 15 is 0 Å². The Bertz CT molecular complexity index is 790. The van der Waals surface area contributed by atoms with Crippen LogP contribution in [0.5, 0.6) is 0 Å². The number of anilines is 1. The lowest BCUT2D eigenvalue weighted by Gasteiger charge is -2.19. The number of rotatable bonds is 4. The molecule has 0 unspecified atom stereocenters. The third-order valence-corrected chi connectivity index (χ3v) is 4.22. The van der Waals surface area contributed by atoms with Crippen LogP contribution in [0.3, 0.4) is 0 Å². The quantitative estimate of drug-likeness (QED) is 0.662. The number of guanidine groups is 1. The number of hydrogen-bond acceptors (Lipinski definition) is 2. The number of para-hydroxylation sites is 1. The van der Waals surface area contributed by atoms with Crippen LogP contribution in [0.15, 0.2) is 53.5 Å². The summed E-state index contributed by atoms with van der Waals surface area (Å²) in [5.41, 5.74) is 2.71. The molecule has 0 fully saturated rings. The van der Waals surface area contributed by atoms with Crippen molar-refractivity contribution in [3.63, 3.8) is 0 Å². The maximum Gasteiger partial charge on any atom is 0.246 e. The molecule has 2 aromatic carbocycles. The number of nitrogens with one attached hydrogen (secondary N) is 2. The van der Waals surface area contributed by atoms with E-state index in [0.717, 1.165) is 12.1 Å². The van der Waals surface area contributed by atoms with Crippen LogP contribution in [-0.2, 0) is 17.8 Å². The molecule has 2 N–H and O–H groups in total. The van der Waals surface area contributed by atoms with Gasteiger partial charge in [0.25, 0.3) is 0 Å². The number of amides is 1. The molecule has 5 nitrogen and oxygen atoms in total. The SMILES string of the molecule is CN=C(NCC(=O)N1CCc2ccccc21)NCc1ccccc1F. The molecule has 25 heavy (non-hydrogen) atoms. The molecular weight excluding hydrogens is 319 g/mol. The van der Waals surface area contributed by atoms with Crippen LogP contribution in [0.25, 0.3) is 0 Å². The van der Waals surface area contributed by atoms with Crippen molar-refractivity contribution in [1.82, 2.24) is 10.6 Å². The molecule has 1 aliphatic heterocycles. The van der Waals surface area contributed by atoms with Gasteiger partial charge in [-0.15, -0.1) is 0 Å². The van der Waals surface area contributed by atoms with E-state index in [0.29, 0.717) is 24.6 Å². The standard InChI is InChI=1S/C19H21FN4O/c1-21-19(22-12-15-7-2-4-8-16(15)20)23-13-18(25)24-11-10-14-6-3-5-9-17(14)24/h2-9H,10-13H2,1H3,(H2,21,22,23). The summed E-state index contributed by atoms with van der Waals surface area (Å²) < 4.78 is 13.6. The zero-order valence-corrected chi connectivity index (χ0v) is 14.1. The van der Waals surface area contributed by atoms with Crippen molar-refractivity contribution in [2.45, 2.75) is 13.0 Å². The van der Waals surface area contributed by atoms with E-state index < -0.39 is 0 Å². The van der Waals surface area contributed by atoms with E-state index in [1.807, 2.05) is 24.3 Å². The maximum absolute atomic E-state index is 13.6. The van der Waals surface area contributed by atoms with Crippen LogP contribution in [0.4, 0.5) is 10.1 Å². The Labute approximate surface area is 146 Å². The zero-order chi connectivity index (χ0) is 17.6. The number of carbonyl (C=O) groups is 1. The molecule has 0 aliphatic carbocycles. The second-order valence-electron chi connectivity index (χ2n) is 5.79. The highest BCUT2D eigenvalue weighted by Crippen LogP contribution is 2.27. The van der Waals surface area contributed by atoms with Crippen LogP contribution in [0, 0.1) is 5.82 Å². The summed E-state index contributed by atoms with van der Waals surface area (Å²) in [6.07, 6.45) is 0.877. The predicted octanol–water partition coefficient (Wildman–Crippen LogP) is 2.08. The van der Waals surface area contributed by atoms with E-state index in [1.54, 1.807) is 30.1 Å². The molecular formula is C19H21FN4O. The summed E-state index contributed by atoms with van der Waals surface area (Å²) in [4.78, 5) is 18.3. The largest absolute Gasteiger partial charge is 0.352 e. The van der Waals surface area contributed by atoms with E-state index in [2.05, 4.69) is 15.6 Å². The van der Waals surface area contributed by atoms with Gasteiger partial charge in [-0.25, -0.2) is 4.39 Å². The molecule has 1 heterocycles. The molecule has 0 bridgehead atoms. The van der Waals surface area contributed by atoms with Gasteiger partial charge < -0.3 is 15.5 Å². The fourth-order valence-corrected chi connectivity index (χ4v) is 2.89. The first kappa shape index (κ1) is 17.0. The first-order valence-electron chi connectivity index (χ1n) is 8.25. The summed E-state index contributed by atoms with van der Waals surface area (Å²) in [6, 6.07) is 14.5. The molecule has 6 heteroatoms. The monoisotopic (exact) mass is 340 g/mol. The topological polar surface area (TPSA) is 56.7 Å². The Morgan fingerprint density at radius 3 is 2.72 bits per heavy atom. The number of halogens is 1. The minimum Gasteiger partial charge on any atom is -0.352 e. The highest BCUT2D eigenvalue weighted by atomic mass is 19.1. The Kier molecular flexibility index (Phi) is 5.28. The fourth-order valence-electron chi connectivity index (χ4n) is 2.89. The summed E-state index contributed by atoms with van der Waals surface area (Å²) in [5.74, 6) is 0.179. The number of fused-ring (bicyclic) bond motifs is 1. The van der Waals surface area contributed by atoms with Gasteiger partial charge in [-0.2, -0.15) is 0 Å². The summed E-state index contributed by atoms with van der Waals surface area (Å²) >= 11 is 0. The van der Waals surface area contributed by atoms with Crippen LogP contribution >= 0.6 is 0 Å². The van der Waals surface area contributed by atoms with Gasteiger partial charge in [0.2, 0.25) is 5.91 Å². The number of nitrogens with zero attached hydrogens (tertiary/aromatic N) is 2. The van der Waals surface area contributed by atoms with Gasteiger partial charge in [-0.1, -0.05) is 36.4 Å². The molecule has 2 aromatic rings. The van der Waals surface area contributed by atoms with Crippen molar-refractivity contribution >= 4 is 17.6 Å². The van der Waals surface area contributed by atoms with Gasteiger partial charge in [0.15, 0.2) is 5.96 Å². The Balaban J connectivity index is 1.53. The first-order valence-corrected chi connectivity index (χ1v) is 8.25. The smallest absolute Gasteiger partial charge is 0.246 e. The van der Waals surface area contributed by atoms with Gasteiger partial charge in [0.1, 0.15) is 5.82 Å². The average Bonchev–Trinajstić information content (AvgIpc) is 3.07. The van der Waals surface area contributed by atoms with E-state index in [1.165, 1.54) is 11.6 Å². The van der Waals surface area contributed by atoms with Gasteiger partial charge in [0, 0.05) is 31.4 Å². The number of aliphatic imine (C=N–C) groups is 1. The molecule has 0 saturated carbocycles. The molecule has 0 saturated heterocycles. The van der Waals surface area contributed by atoms with E-state index in [-0.39, 0.29) is 18.3 Å². The fraction of sp³-hybridized carbons (Fsp3) is 0.263. The third-order valence-electron chi connectivity index (χ3n) is 4.22. The van der Waals surface area contributed by atoms with Crippen molar-refractivity contribution in [3.8, 4) is 0 Å². The predicted molar refractivity (Wildman–Crippen MR) is 97.1 cm³/mol. The van der Waals surface area contributed by atoms with Gasteiger partial charge in [-0.05, 0) is 24.1 Å². The molecule has 1 amide bonds. The molecule has 0 aromatic heterocycles. The lowest BCUT2D eigenvalue weighted by molar-refractivity contribution is -0.117. The first-order chi connectivity index (χ1) is 12.2. The summed E-state index contributed by atoms with van der Waals surface area (Å²) in [7, 11) is 1.62. The summed E-state index contributed by atoms with van der Waals surface area (Å²) in [5, 5.41) is 6.01. The zero-order valence-electron chi connectivity index (χ0n) is 14.1. The Morgan fingerprint density at radius 2 is 1.92 bits per heavy atom. The minimum atomic E-state index is -0.268.